The van der Waals surface area contributed by atoms with Gasteiger partial charge in [0.15, 0.2) is 12.4 Å². The van der Waals surface area contributed by atoms with Gasteiger partial charge in [0.05, 0.1) is 5.92 Å². The van der Waals surface area contributed by atoms with Crippen LogP contribution >= 0.6 is 0 Å². The summed E-state index contributed by atoms with van der Waals surface area (Å²) in [7, 11) is 0. The summed E-state index contributed by atoms with van der Waals surface area (Å²) in [5, 5.41) is 19.7. The molecule has 0 spiro atoms. The highest BCUT2D eigenvalue weighted by molar-refractivity contribution is 5.70. The molecule has 0 aliphatic carbocycles. The normalized spacial score (nSPS) is 17.4. The van der Waals surface area contributed by atoms with Crippen molar-refractivity contribution in [1.29, 1.82) is 0 Å². The van der Waals surface area contributed by atoms with Gasteiger partial charge in [-0.3, -0.25) is 4.79 Å². The van der Waals surface area contributed by atoms with E-state index in [0.29, 0.717) is 12.8 Å². The number of carbonyl (C=O) groups is 1. The molecule has 5 heteroatoms. The van der Waals surface area contributed by atoms with Crippen LogP contribution in [0.15, 0.2) is 24.5 Å². The summed E-state index contributed by atoms with van der Waals surface area (Å²) < 4.78 is 0.744. The maximum atomic E-state index is 10.9. The van der Waals surface area contributed by atoms with E-state index in [2.05, 4.69) is 4.90 Å². The van der Waals surface area contributed by atoms with Gasteiger partial charge in [-0.1, -0.05) is 0 Å². The van der Waals surface area contributed by atoms with E-state index in [1.807, 2.05) is 0 Å². The molecule has 0 atom stereocenters. The molecule has 0 unspecified atom stereocenters. The number of rotatable bonds is 2. The number of anilines is 1. The van der Waals surface area contributed by atoms with Crippen molar-refractivity contribution in [3.05, 3.63) is 29.7 Å². The first-order valence-electron chi connectivity index (χ1n) is 5.33. The highest BCUT2D eigenvalue weighted by atomic mass is 16.5. The Morgan fingerprint density at radius 2 is 1.94 bits per heavy atom. The van der Waals surface area contributed by atoms with Gasteiger partial charge in [-0.25, -0.2) is 0 Å². The van der Waals surface area contributed by atoms with Crippen molar-refractivity contribution < 1.29 is 14.6 Å². The minimum atomic E-state index is -0.704. The minimum Gasteiger partial charge on any atom is -0.619 e. The molecule has 0 saturated carbocycles. The molecule has 1 N–H and O–H groups in total. The molecule has 0 aromatic carbocycles. The van der Waals surface area contributed by atoms with Crippen LogP contribution in [0.1, 0.15) is 12.8 Å². The summed E-state index contributed by atoms with van der Waals surface area (Å²) in [4.78, 5) is 12.9. The van der Waals surface area contributed by atoms with Crippen molar-refractivity contribution in [3.8, 4) is 0 Å². The maximum absolute atomic E-state index is 10.9. The fourth-order valence-electron chi connectivity index (χ4n) is 2.00. The van der Waals surface area contributed by atoms with Gasteiger partial charge in [-0.15, -0.1) is 0 Å². The third kappa shape index (κ3) is 2.24. The summed E-state index contributed by atoms with van der Waals surface area (Å²) in [5.41, 5.74) is 0.982. The van der Waals surface area contributed by atoms with E-state index >= 15 is 0 Å². The highest BCUT2D eigenvalue weighted by Gasteiger charge is 2.24. The Hall–Kier alpha value is -1.78. The smallest absolute Gasteiger partial charge is 0.306 e. The Labute approximate surface area is 93.5 Å². The number of piperidine rings is 1. The number of nitrogens with zero attached hydrogens (tertiary/aromatic N) is 2. The van der Waals surface area contributed by atoms with Crippen LogP contribution in [-0.4, -0.2) is 24.2 Å². The number of aliphatic carboxylic acids is 1. The molecule has 0 radical (unpaired) electrons. The summed E-state index contributed by atoms with van der Waals surface area (Å²) >= 11 is 0. The fraction of sp³-hybridized carbons (Fsp3) is 0.455. The summed E-state index contributed by atoms with van der Waals surface area (Å²) in [6.45, 7) is 1.47. The van der Waals surface area contributed by atoms with Crippen LogP contribution in [0.25, 0.3) is 0 Å². The number of carboxylic acid groups (broad SMARTS) is 1. The Balaban J connectivity index is 1.99. The molecule has 5 nitrogen and oxygen atoms in total. The lowest BCUT2D eigenvalue weighted by Crippen LogP contribution is -2.36. The van der Waals surface area contributed by atoms with Gasteiger partial charge < -0.3 is 15.2 Å². The van der Waals surface area contributed by atoms with Crippen molar-refractivity contribution in [1.82, 2.24) is 0 Å². The lowest BCUT2D eigenvalue weighted by molar-refractivity contribution is -0.605. The third-order valence-corrected chi connectivity index (χ3v) is 2.99. The van der Waals surface area contributed by atoms with Gasteiger partial charge in [-0.05, 0) is 12.8 Å². The zero-order valence-electron chi connectivity index (χ0n) is 8.87. The largest absolute Gasteiger partial charge is 0.619 e. The number of carboxylic acids is 1. The highest BCUT2D eigenvalue weighted by Crippen LogP contribution is 2.22. The molecule has 1 aliphatic heterocycles. The molecule has 1 aromatic heterocycles. The SMILES string of the molecule is O=C(O)C1CCN(c2cc[n+]([O-])cc2)CC1. The van der Waals surface area contributed by atoms with Crippen molar-refractivity contribution in [2.24, 2.45) is 5.92 Å². The number of aromatic nitrogens is 1. The van der Waals surface area contributed by atoms with E-state index in [0.717, 1.165) is 23.5 Å². The molecule has 16 heavy (non-hydrogen) atoms. The molecule has 2 rings (SSSR count). The van der Waals surface area contributed by atoms with Crippen molar-refractivity contribution in [3.63, 3.8) is 0 Å². The Kier molecular flexibility index (Phi) is 2.94. The maximum Gasteiger partial charge on any atom is 0.306 e. The van der Waals surface area contributed by atoms with E-state index in [1.54, 1.807) is 12.1 Å². The van der Waals surface area contributed by atoms with Crippen LogP contribution in [-0.2, 0) is 4.79 Å². The van der Waals surface area contributed by atoms with Gasteiger partial charge in [0.1, 0.15) is 0 Å². The average molecular weight is 222 g/mol. The number of pyridine rings is 1. The van der Waals surface area contributed by atoms with Crippen LogP contribution in [0, 0.1) is 11.1 Å². The molecular formula is C11H14N2O3. The zero-order valence-corrected chi connectivity index (χ0v) is 8.87. The summed E-state index contributed by atoms with van der Waals surface area (Å²) in [6.07, 6.45) is 4.25. The first-order chi connectivity index (χ1) is 7.66. The minimum absolute atomic E-state index is 0.218. The molecule has 86 valence electrons. The predicted octanol–water partition coefficient (Wildman–Crippen LogP) is 0.621. The van der Waals surface area contributed by atoms with E-state index in [-0.39, 0.29) is 5.92 Å². The van der Waals surface area contributed by atoms with E-state index in [1.165, 1.54) is 12.4 Å². The van der Waals surface area contributed by atoms with Crippen LogP contribution in [0.2, 0.25) is 0 Å². The van der Waals surface area contributed by atoms with Gasteiger partial charge in [0.2, 0.25) is 0 Å². The predicted molar refractivity (Wildman–Crippen MR) is 58.0 cm³/mol. The van der Waals surface area contributed by atoms with Gasteiger partial charge in [0.25, 0.3) is 0 Å². The molecule has 1 saturated heterocycles. The van der Waals surface area contributed by atoms with Crippen molar-refractivity contribution >= 4 is 11.7 Å². The topological polar surface area (TPSA) is 67.5 Å². The van der Waals surface area contributed by atoms with Crippen LogP contribution in [0.3, 0.4) is 0 Å². The second-order valence-electron chi connectivity index (χ2n) is 4.02. The number of hydrogen-bond donors (Lipinski definition) is 1. The Bertz CT molecular complexity index is 369. The third-order valence-electron chi connectivity index (χ3n) is 2.99. The van der Waals surface area contributed by atoms with E-state index in [9.17, 15) is 10.0 Å². The second kappa shape index (κ2) is 4.38. The molecule has 1 fully saturated rings. The van der Waals surface area contributed by atoms with E-state index < -0.39 is 5.97 Å². The van der Waals surface area contributed by atoms with Crippen molar-refractivity contribution in [2.75, 3.05) is 18.0 Å². The molecule has 1 aromatic rings. The quantitative estimate of drug-likeness (QED) is 0.588. The molecule has 0 bridgehead atoms. The Morgan fingerprint density at radius 3 is 2.44 bits per heavy atom. The standard InChI is InChI=1S/C11H14N2O3/c14-11(15)9-1-5-12(6-2-9)10-3-7-13(16)8-4-10/h3-4,7-9H,1-2,5-6H2,(H,14,15). The lowest BCUT2D eigenvalue weighted by Gasteiger charge is -2.31. The van der Waals surface area contributed by atoms with Crippen LogP contribution in [0.5, 0.6) is 0 Å². The van der Waals surface area contributed by atoms with Crippen LogP contribution in [0.4, 0.5) is 5.69 Å². The average Bonchev–Trinajstić information content (AvgIpc) is 2.30. The van der Waals surface area contributed by atoms with Gasteiger partial charge in [-0.2, -0.15) is 4.73 Å². The Morgan fingerprint density at radius 1 is 1.38 bits per heavy atom. The number of hydrogen-bond acceptors (Lipinski definition) is 3. The van der Waals surface area contributed by atoms with E-state index in [4.69, 9.17) is 5.11 Å². The first kappa shape index (κ1) is 10.7. The monoisotopic (exact) mass is 222 g/mol. The summed E-state index contributed by atoms with van der Waals surface area (Å²) in [5.74, 6) is -0.922. The molecule has 0 amide bonds. The second-order valence-corrected chi connectivity index (χ2v) is 4.02. The zero-order chi connectivity index (χ0) is 11.5. The molecule has 2 heterocycles. The fourth-order valence-corrected chi connectivity index (χ4v) is 2.00. The molecule has 1 aliphatic rings. The first-order valence-corrected chi connectivity index (χ1v) is 5.33. The van der Waals surface area contributed by atoms with Crippen molar-refractivity contribution in [2.45, 2.75) is 12.8 Å². The van der Waals surface area contributed by atoms with Gasteiger partial charge in [0, 0.05) is 30.9 Å². The molecular weight excluding hydrogens is 208 g/mol. The van der Waals surface area contributed by atoms with Crippen LogP contribution < -0.4 is 9.63 Å². The summed E-state index contributed by atoms with van der Waals surface area (Å²) in [6, 6.07) is 3.52. The van der Waals surface area contributed by atoms with Gasteiger partial charge >= 0.3 is 5.97 Å². The lowest BCUT2D eigenvalue weighted by atomic mass is 9.97.